The van der Waals surface area contributed by atoms with Gasteiger partial charge in [-0.3, -0.25) is 0 Å². The average molecular weight is 191 g/mol. The van der Waals surface area contributed by atoms with Crippen LogP contribution in [-0.4, -0.2) is 13.7 Å². The first-order valence-electron chi connectivity index (χ1n) is 5.09. The highest BCUT2D eigenvalue weighted by molar-refractivity contribution is 5.47. The lowest BCUT2D eigenvalue weighted by Crippen LogP contribution is -2.33. The predicted molar refractivity (Wildman–Crippen MR) is 57.7 cm³/mol. The zero-order chi connectivity index (χ0) is 10.2. The van der Waals surface area contributed by atoms with Gasteiger partial charge in [0.2, 0.25) is 0 Å². The van der Waals surface area contributed by atoms with Crippen molar-refractivity contribution in [2.75, 3.05) is 13.7 Å². The molecule has 76 valence electrons. The number of rotatable bonds is 2. The largest absolute Gasteiger partial charge is 0.493 e. The summed E-state index contributed by atoms with van der Waals surface area (Å²) >= 11 is 0. The smallest absolute Gasteiger partial charge is 0.127 e. The number of benzene rings is 1. The summed E-state index contributed by atoms with van der Waals surface area (Å²) in [5.74, 6) is 1.09. The Balaban J connectivity index is 2.49. The molecule has 0 atom stereocenters. The molecule has 0 unspecified atom stereocenters. The Labute approximate surface area is 85.3 Å². The topological polar surface area (TPSA) is 21.3 Å². The molecule has 1 aromatic rings. The van der Waals surface area contributed by atoms with Gasteiger partial charge in [-0.15, -0.1) is 0 Å². The Morgan fingerprint density at radius 2 is 2.14 bits per heavy atom. The third kappa shape index (κ3) is 1.40. The van der Waals surface area contributed by atoms with E-state index in [2.05, 4.69) is 37.4 Å². The number of nitrogens with one attached hydrogen (secondary N) is 1. The lowest BCUT2D eigenvalue weighted by molar-refractivity contribution is 0.337. The first kappa shape index (κ1) is 9.53. The minimum absolute atomic E-state index is 0.0182. The number of para-hydroxylation sites is 1. The van der Waals surface area contributed by atoms with E-state index >= 15 is 0 Å². The predicted octanol–water partition coefficient (Wildman–Crippen LogP) is 2.08. The molecule has 0 saturated heterocycles. The standard InChI is InChI=1S/C12H17NO/c1-12(2,13-3)10-6-4-5-9-7-8-14-11(9)10/h4-6,13H,7-8H2,1-3H3. The van der Waals surface area contributed by atoms with E-state index < -0.39 is 0 Å². The van der Waals surface area contributed by atoms with Crippen molar-refractivity contribution in [2.45, 2.75) is 25.8 Å². The van der Waals surface area contributed by atoms with Gasteiger partial charge in [0.15, 0.2) is 0 Å². The van der Waals surface area contributed by atoms with Crippen molar-refractivity contribution >= 4 is 0 Å². The Kier molecular flexibility index (Phi) is 2.23. The maximum Gasteiger partial charge on any atom is 0.127 e. The van der Waals surface area contributed by atoms with Crippen LogP contribution in [-0.2, 0) is 12.0 Å². The maximum absolute atomic E-state index is 5.68. The highest BCUT2D eigenvalue weighted by atomic mass is 16.5. The quantitative estimate of drug-likeness (QED) is 0.772. The summed E-state index contributed by atoms with van der Waals surface area (Å²) in [6.07, 6.45) is 1.04. The van der Waals surface area contributed by atoms with Gasteiger partial charge in [0.25, 0.3) is 0 Å². The molecule has 1 N–H and O–H groups in total. The van der Waals surface area contributed by atoms with Crippen LogP contribution in [0.15, 0.2) is 18.2 Å². The van der Waals surface area contributed by atoms with Crippen LogP contribution in [0, 0.1) is 0 Å². The molecule has 1 aliphatic heterocycles. The minimum atomic E-state index is -0.0182. The second-order valence-electron chi connectivity index (χ2n) is 4.27. The lowest BCUT2D eigenvalue weighted by Gasteiger charge is -2.26. The fourth-order valence-electron chi connectivity index (χ4n) is 1.84. The monoisotopic (exact) mass is 191 g/mol. The summed E-state index contributed by atoms with van der Waals surface area (Å²) in [5, 5.41) is 3.31. The molecular weight excluding hydrogens is 174 g/mol. The molecule has 0 fully saturated rings. The molecule has 0 bridgehead atoms. The minimum Gasteiger partial charge on any atom is -0.493 e. The molecule has 1 aliphatic rings. The van der Waals surface area contributed by atoms with Gasteiger partial charge in [0, 0.05) is 17.5 Å². The van der Waals surface area contributed by atoms with Crippen LogP contribution in [0.4, 0.5) is 0 Å². The number of hydrogen-bond donors (Lipinski definition) is 1. The van der Waals surface area contributed by atoms with Crippen LogP contribution in [0.25, 0.3) is 0 Å². The molecule has 2 nitrogen and oxygen atoms in total. The van der Waals surface area contributed by atoms with Gasteiger partial charge in [-0.1, -0.05) is 18.2 Å². The SMILES string of the molecule is CNC(C)(C)c1cccc2c1OCC2. The second kappa shape index (κ2) is 3.28. The molecule has 14 heavy (non-hydrogen) atoms. The van der Waals surface area contributed by atoms with Crippen molar-refractivity contribution in [3.63, 3.8) is 0 Å². The summed E-state index contributed by atoms with van der Waals surface area (Å²) in [5.41, 5.74) is 2.58. The number of hydrogen-bond acceptors (Lipinski definition) is 2. The molecule has 1 aromatic carbocycles. The summed E-state index contributed by atoms with van der Waals surface area (Å²) in [4.78, 5) is 0. The fourth-order valence-corrected chi connectivity index (χ4v) is 1.84. The summed E-state index contributed by atoms with van der Waals surface area (Å²) in [6.45, 7) is 5.17. The van der Waals surface area contributed by atoms with E-state index in [1.165, 1.54) is 11.1 Å². The molecular formula is C12H17NO. The number of ether oxygens (including phenoxy) is 1. The Morgan fingerprint density at radius 1 is 1.36 bits per heavy atom. The van der Waals surface area contributed by atoms with E-state index in [0.717, 1.165) is 18.8 Å². The summed E-state index contributed by atoms with van der Waals surface area (Å²) < 4.78 is 5.68. The van der Waals surface area contributed by atoms with E-state index in [0.29, 0.717) is 0 Å². The molecule has 2 heteroatoms. The van der Waals surface area contributed by atoms with Crippen molar-refractivity contribution in [3.05, 3.63) is 29.3 Å². The first-order valence-corrected chi connectivity index (χ1v) is 5.09. The van der Waals surface area contributed by atoms with Gasteiger partial charge in [0.1, 0.15) is 5.75 Å². The van der Waals surface area contributed by atoms with Crippen LogP contribution in [0.3, 0.4) is 0 Å². The van der Waals surface area contributed by atoms with Gasteiger partial charge >= 0.3 is 0 Å². The highest BCUT2D eigenvalue weighted by Gasteiger charge is 2.26. The normalized spacial score (nSPS) is 15.1. The van der Waals surface area contributed by atoms with Gasteiger partial charge in [-0.2, -0.15) is 0 Å². The summed E-state index contributed by atoms with van der Waals surface area (Å²) in [6, 6.07) is 6.40. The number of fused-ring (bicyclic) bond motifs is 1. The molecule has 1 heterocycles. The van der Waals surface area contributed by atoms with Crippen molar-refractivity contribution in [3.8, 4) is 5.75 Å². The fraction of sp³-hybridized carbons (Fsp3) is 0.500. The van der Waals surface area contributed by atoms with Crippen molar-refractivity contribution in [2.24, 2.45) is 0 Å². The molecule has 0 spiro atoms. The third-order valence-electron chi connectivity index (χ3n) is 3.01. The highest BCUT2D eigenvalue weighted by Crippen LogP contribution is 2.35. The van der Waals surface area contributed by atoms with E-state index in [-0.39, 0.29) is 5.54 Å². The van der Waals surface area contributed by atoms with Crippen molar-refractivity contribution in [1.29, 1.82) is 0 Å². The van der Waals surface area contributed by atoms with E-state index in [1.54, 1.807) is 0 Å². The Morgan fingerprint density at radius 3 is 2.86 bits per heavy atom. The molecule has 0 saturated carbocycles. The van der Waals surface area contributed by atoms with Gasteiger partial charge in [-0.05, 0) is 26.5 Å². The van der Waals surface area contributed by atoms with Gasteiger partial charge < -0.3 is 10.1 Å². The third-order valence-corrected chi connectivity index (χ3v) is 3.01. The van der Waals surface area contributed by atoms with Gasteiger partial charge in [-0.25, -0.2) is 0 Å². The average Bonchev–Trinajstić information content (AvgIpc) is 2.64. The zero-order valence-electron chi connectivity index (χ0n) is 9.05. The lowest BCUT2D eigenvalue weighted by atomic mass is 9.92. The van der Waals surface area contributed by atoms with Crippen LogP contribution in [0.1, 0.15) is 25.0 Å². The van der Waals surface area contributed by atoms with E-state index in [4.69, 9.17) is 4.74 Å². The van der Waals surface area contributed by atoms with E-state index in [9.17, 15) is 0 Å². The Bertz CT molecular complexity index is 344. The van der Waals surface area contributed by atoms with Crippen molar-refractivity contribution < 1.29 is 4.74 Å². The van der Waals surface area contributed by atoms with Crippen LogP contribution < -0.4 is 10.1 Å². The second-order valence-corrected chi connectivity index (χ2v) is 4.27. The molecule has 0 aliphatic carbocycles. The van der Waals surface area contributed by atoms with Gasteiger partial charge in [0.05, 0.1) is 6.61 Å². The van der Waals surface area contributed by atoms with Crippen LogP contribution >= 0.6 is 0 Å². The van der Waals surface area contributed by atoms with E-state index in [1.807, 2.05) is 7.05 Å². The van der Waals surface area contributed by atoms with Crippen LogP contribution in [0.2, 0.25) is 0 Å². The first-order chi connectivity index (χ1) is 6.65. The molecule has 0 radical (unpaired) electrons. The zero-order valence-corrected chi connectivity index (χ0v) is 9.05. The Hall–Kier alpha value is -1.02. The van der Waals surface area contributed by atoms with Crippen LogP contribution in [0.5, 0.6) is 5.75 Å². The molecule has 0 amide bonds. The molecule has 0 aromatic heterocycles. The molecule has 2 rings (SSSR count). The summed E-state index contributed by atoms with van der Waals surface area (Å²) in [7, 11) is 1.98. The maximum atomic E-state index is 5.68. The van der Waals surface area contributed by atoms with Crippen molar-refractivity contribution in [1.82, 2.24) is 5.32 Å².